The molecule has 0 unspecified atom stereocenters. The molecule has 0 aliphatic heterocycles. The normalized spacial score (nSPS) is 12.7. The fraction of sp³-hybridized carbons (Fsp3) is 0.0175. The number of rotatable bonds is 11. The van der Waals surface area contributed by atoms with Gasteiger partial charge in [0.05, 0.1) is 38.6 Å². The van der Waals surface area contributed by atoms with Crippen LogP contribution in [0.25, 0.3) is 120 Å². The molecule has 0 fully saturated rings. The Hall–Kier alpha value is -14.9. The number of benzene rings is 20. The van der Waals surface area contributed by atoms with Gasteiger partial charge >= 0.3 is 0 Å². The molecule has 0 radical (unpaired) electrons. The van der Waals surface area contributed by atoms with E-state index < -0.39 is 10.8 Å². The summed E-state index contributed by atoms with van der Waals surface area (Å²) in [5.74, 6) is 0. The predicted molar refractivity (Wildman–Crippen MR) is 505 cm³/mol. The molecule has 0 saturated carbocycles. The van der Waals surface area contributed by atoms with E-state index in [9.17, 15) is 0 Å². The SMILES string of the molecule is Brc1ccc2c3ccccc3n(-c3ccccc3)c2c1.c1ccc(-n2c3ccccc3c3ccc(N(c4ccc5c(c4)C(c4ccccc4)(c4ccccc4)c4cc6ccccc6cc4-5)c4cccc5ccccc45)cc32)cc1.c1ccc(C2(c3ccccc3)c3cc(Nc4cccc5ccccc45)ccc3-c3cc4ccccc4cc32)cc1. The molecule has 0 atom stereocenters. The van der Waals surface area contributed by atoms with Gasteiger partial charge < -0.3 is 19.4 Å². The second-order valence-corrected chi connectivity index (χ2v) is 32.1. The van der Waals surface area contributed by atoms with Crippen LogP contribution in [0.1, 0.15) is 44.5 Å². The highest BCUT2D eigenvalue weighted by molar-refractivity contribution is 9.10. The Kier molecular flexibility index (Phi) is 17.5. The maximum atomic E-state index is 3.78. The van der Waals surface area contributed by atoms with Crippen molar-refractivity contribution >= 4 is 131 Å². The highest BCUT2D eigenvalue weighted by Crippen LogP contribution is 2.60. The largest absolute Gasteiger partial charge is 0.355 e. The number of para-hydroxylation sites is 4. The van der Waals surface area contributed by atoms with Gasteiger partial charge in [0, 0.05) is 70.9 Å². The second kappa shape index (κ2) is 29.4. The highest BCUT2D eigenvalue weighted by Gasteiger charge is 2.48. The van der Waals surface area contributed by atoms with Gasteiger partial charge in [0.15, 0.2) is 0 Å². The highest BCUT2D eigenvalue weighted by atomic mass is 79.9. The van der Waals surface area contributed by atoms with Crippen LogP contribution in [0.4, 0.5) is 28.4 Å². The smallest absolute Gasteiger partial charge is 0.0714 e. The first-order valence-electron chi connectivity index (χ1n) is 40.9. The Morgan fingerprint density at radius 1 is 0.227 bits per heavy atom. The quantitative estimate of drug-likeness (QED) is 0.140. The molecule has 2 aromatic heterocycles. The van der Waals surface area contributed by atoms with E-state index in [1.807, 2.05) is 6.07 Å². The van der Waals surface area contributed by atoms with E-state index in [1.54, 1.807) is 0 Å². The van der Waals surface area contributed by atoms with Crippen molar-refractivity contribution in [1.82, 2.24) is 9.13 Å². The Balaban J connectivity index is 0.000000121. The number of aromatic nitrogens is 2. The van der Waals surface area contributed by atoms with Crippen LogP contribution in [0.15, 0.2) is 466 Å². The van der Waals surface area contributed by atoms with Gasteiger partial charge in [-0.2, -0.15) is 0 Å². The zero-order valence-electron chi connectivity index (χ0n) is 65.1. The fourth-order valence-corrected chi connectivity index (χ4v) is 20.0. The van der Waals surface area contributed by atoms with E-state index >= 15 is 0 Å². The molecule has 5 heteroatoms. The van der Waals surface area contributed by atoms with Crippen LogP contribution in [0, 0.1) is 0 Å². The van der Waals surface area contributed by atoms with Gasteiger partial charge in [-0.1, -0.05) is 356 Å². The minimum absolute atomic E-state index is 0.437. The van der Waals surface area contributed by atoms with Crippen molar-refractivity contribution < 1.29 is 0 Å². The molecule has 560 valence electrons. The Morgan fingerprint density at radius 2 is 0.580 bits per heavy atom. The van der Waals surface area contributed by atoms with Gasteiger partial charge in [0.25, 0.3) is 0 Å². The van der Waals surface area contributed by atoms with E-state index in [0.29, 0.717) is 0 Å². The summed E-state index contributed by atoms with van der Waals surface area (Å²) in [4.78, 5) is 2.48. The Morgan fingerprint density at radius 3 is 1.09 bits per heavy atom. The molecule has 119 heavy (non-hydrogen) atoms. The van der Waals surface area contributed by atoms with Crippen molar-refractivity contribution in [3.8, 4) is 33.6 Å². The van der Waals surface area contributed by atoms with Crippen molar-refractivity contribution in [2.45, 2.75) is 10.8 Å². The minimum atomic E-state index is -0.554. The standard InChI is InChI=1S/C57H38N2.C39H27N.C18H12BrN/c1-4-21-42(22-5-1)57(43-23-6-2-7-24-43)52-36-41-19-11-10-18-40(41)35-51(52)48-33-31-45(37-53(48)57)58(54-30-16-20-39-17-12-13-27-47(39)54)46-32-34-50-49-28-14-15-29-55(49)59(56(50)38-46)44-25-8-3-9-26-44;1-3-16-30(17-4-1)39(31-18-5-2-6-19-31)36-25-29-14-8-7-13-28(29)24-35(36)34-23-22-32(26-37(34)39)40-38-21-11-15-27-12-9-10-20-33(27)38;19-13-10-11-16-15-8-4-5-9-17(15)20(18(16)12-13)14-6-2-1-3-7-14/h1-38H;1-26,40H;1-12H. The molecule has 4 nitrogen and oxygen atoms in total. The lowest BCUT2D eigenvalue weighted by molar-refractivity contribution is 0.769. The molecular formula is C114H77BrN4. The van der Waals surface area contributed by atoms with Crippen LogP contribution >= 0.6 is 15.9 Å². The molecule has 20 aromatic carbocycles. The summed E-state index contributed by atoms with van der Waals surface area (Å²) in [6, 6.07) is 168. The molecular weight excluding hydrogens is 1510 g/mol. The van der Waals surface area contributed by atoms with E-state index in [-0.39, 0.29) is 0 Å². The summed E-state index contributed by atoms with van der Waals surface area (Å²) in [7, 11) is 0. The fourth-order valence-electron chi connectivity index (χ4n) is 19.6. The minimum Gasteiger partial charge on any atom is -0.355 e. The average molecular weight is 1580 g/mol. The van der Waals surface area contributed by atoms with Crippen LogP contribution < -0.4 is 10.2 Å². The summed E-state index contributed by atoms with van der Waals surface area (Å²) in [5.41, 5.74) is 27.2. The first-order valence-corrected chi connectivity index (χ1v) is 41.7. The monoisotopic (exact) mass is 1580 g/mol. The number of nitrogens with one attached hydrogen (secondary N) is 1. The number of nitrogens with zero attached hydrogens (tertiary/aromatic N) is 3. The van der Waals surface area contributed by atoms with Crippen molar-refractivity contribution in [3.05, 3.63) is 510 Å². The summed E-state index contributed by atoms with van der Waals surface area (Å²) in [5, 5.41) is 18.7. The summed E-state index contributed by atoms with van der Waals surface area (Å²) >= 11 is 3.58. The van der Waals surface area contributed by atoms with Gasteiger partial charge in [-0.05, 0) is 220 Å². The molecule has 2 aliphatic rings. The zero-order valence-corrected chi connectivity index (χ0v) is 66.7. The molecule has 1 N–H and O–H groups in total. The lowest BCUT2D eigenvalue weighted by Crippen LogP contribution is -2.28. The number of fused-ring (bicyclic) bond motifs is 16. The van der Waals surface area contributed by atoms with Crippen LogP contribution in [-0.2, 0) is 10.8 Å². The number of hydrogen-bond donors (Lipinski definition) is 1. The first-order chi connectivity index (χ1) is 58.9. The van der Waals surface area contributed by atoms with Crippen molar-refractivity contribution in [2.75, 3.05) is 10.2 Å². The zero-order chi connectivity index (χ0) is 79.0. The topological polar surface area (TPSA) is 25.1 Å². The van der Waals surface area contributed by atoms with E-state index in [2.05, 4.69) is 490 Å². The van der Waals surface area contributed by atoms with Crippen LogP contribution in [0.3, 0.4) is 0 Å². The maximum absolute atomic E-state index is 3.78. The van der Waals surface area contributed by atoms with Crippen molar-refractivity contribution in [3.63, 3.8) is 0 Å². The number of anilines is 5. The van der Waals surface area contributed by atoms with Gasteiger partial charge in [-0.25, -0.2) is 0 Å². The summed E-state index contributed by atoms with van der Waals surface area (Å²) in [6.45, 7) is 0. The van der Waals surface area contributed by atoms with E-state index in [1.165, 1.54) is 159 Å². The predicted octanol–water partition coefficient (Wildman–Crippen LogP) is 30.6. The summed E-state index contributed by atoms with van der Waals surface area (Å²) < 4.78 is 5.83. The van der Waals surface area contributed by atoms with E-state index in [0.717, 1.165) is 38.6 Å². The third-order valence-electron chi connectivity index (χ3n) is 24.7. The Bertz CT molecular complexity index is 7560. The van der Waals surface area contributed by atoms with E-state index in [4.69, 9.17) is 0 Å². The molecule has 2 heterocycles. The third kappa shape index (κ3) is 11.8. The van der Waals surface area contributed by atoms with Crippen LogP contribution in [0.2, 0.25) is 0 Å². The van der Waals surface area contributed by atoms with Gasteiger partial charge in [-0.3, -0.25) is 0 Å². The average Bonchev–Trinajstić information content (AvgIpc) is 1.54. The lowest BCUT2D eigenvalue weighted by atomic mass is 9.67. The number of hydrogen-bond acceptors (Lipinski definition) is 2. The second-order valence-electron chi connectivity index (χ2n) is 31.2. The lowest BCUT2D eigenvalue weighted by Gasteiger charge is -2.35. The molecule has 0 bridgehead atoms. The maximum Gasteiger partial charge on any atom is 0.0714 e. The van der Waals surface area contributed by atoms with Gasteiger partial charge in [-0.15, -0.1) is 0 Å². The Labute approximate surface area is 699 Å². The van der Waals surface area contributed by atoms with Crippen molar-refractivity contribution in [1.29, 1.82) is 0 Å². The van der Waals surface area contributed by atoms with Crippen LogP contribution in [-0.4, -0.2) is 9.13 Å². The molecule has 2 aliphatic carbocycles. The number of halogens is 1. The van der Waals surface area contributed by atoms with Crippen molar-refractivity contribution in [2.24, 2.45) is 0 Å². The third-order valence-corrected chi connectivity index (χ3v) is 25.2. The van der Waals surface area contributed by atoms with Crippen LogP contribution in [0.5, 0.6) is 0 Å². The van der Waals surface area contributed by atoms with Gasteiger partial charge in [0.1, 0.15) is 0 Å². The molecule has 0 spiro atoms. The summed E-state index contributed by atoms with van der Waals surface area (Å²) in [6.07, 6.45) is 0. The van der Waals surface area contributed by atoms with Gasteiger partial charge in [0.2, 0.25) is 0 Å². The molecule has 24 rings (SSSR count). The first kappa shape index (κ1) is 70.7. The molecule has 0 saturated heterocycles. The molecule has 22 aromatic rings. The molecule has 0 amide bonds.